The van der Waals surface area contributed by atoms with Crippen molar-refractivity contribution in [3.05, 3.63) is 17.8 Å². The molecule has 1 aromatic heterocycles. The third kappa shape index (κ3) is 3.04. The number of ether oxygens (including phenoxy) is 1. The summed E-state index contributed by atoms with van der Waals surface area (Å²) in [4.78, 5) is 4.33. The zero-order valence-corrected chi connectivity index (χ0v) is 8.82. The van der Waals surface area contributed by atoms with Crippen LogP contribution < -0.4 is 0 Å². The minimum absolute atomic E-state index is 0.128. The van der Waals surface area contributed by atoms with Gasteiger partial charge in [0.05, 0.1) is 5.69 Å². The molecule has 1 fully saturated rings. The Morgan fingerprint density at radius 3 is 2.93 bits per heavy atom. The Balaban J connectivity index is 1.86. The van der Waals surface area contributed by atoms with E-state index in [9.17, 15) is 0 Å². The van der Waals surface area contributed by atoms with Gasteiger partial charge < -0.3 is 14.3 Å². The summed E-state index contributed by atoms with van der Waals surface area (Å²) in [6.07, 6.45) is 5.31. The second-order valence-electron chi connectivity index (χ2n) is 3.97. The maximum absolute atomic E-state index is 8.75. The van der Waals surface area contributed by atoms with E-state index in [0.717, 1.165) is 44.1 Å². The average Bonchev–Trinajstić information content (AvgIpc) is 2.68. The van der Waals surface area contributed by atoms with Gasteiger partial charge in [0, 0.05) is 32.7 Å². The summed E-state index contributed by atoms with van der Waals surface area (Å²) < 4.78 is 10.7. The Labute approximate surface area is 89.3 Å². The highest BCUT2D eigenvalue weighted by Gasteiger charge is 2.16. The van der Waals surface area contributed by atoms with Crippen LogP contribution in [0.1, 0.15) is 24.4 Å². The van der Waals surface area contributed by atoms with Crippen LogP contribution in [-0.2, 0) is 17.6 Å². The van der Waals surface area contributed by atoms with Gasteiger partial charge in [-0.15, -0.1) is 0 Å². The zero-order chi connectivity index (χ0) is 10.5. The molecule has 0 amide bonds. The first kappa shape index (κ1) is 10.6. The van der Waals surface area contributed by atoms with Crippen LogP contribution in [0.25, 0.3) is 0 Å². The zero-order valence-electron chi connectivity index (χ0n) is 8.82. The number of hydrogen-bond acceptors (Lipinski definition) is 4. The maximum Gasteiger partial charge on any atom is 0.194 e. The molecule has 0 aliphatic carbocycles. The van der Waals surface area contributed by atoms with Gasteiger partial charge in [0.1, 0.15) is 6.26 Å². The topological polar surface area (TPSA) is 55.5 Å². The molecule has 4 heteroatoms. The lowest BCUT2D eigenvalue weighted by molar-refractivity contribution is 0.0647. The van der Waals surface area contributed by atoms with E-state index >= 15 is 0 Å². The number of rotatable bonds is 4. The van der Waals surface area contributed by atoms with Gasteiger partial charge in [-0.2, -0.15) is 0 Å². The fraction of sp³-hybridized carbons (Fsp3) is 0.727. The fourth-order valence-corrected chi connectivity index (χ4v) is 1.87. The van der Waals surface area contributed by atoms with Crippen LogP contribution in [0, 0.1) is 5.92 Å². The van der Waals surface area contributed by atoms with Crippen molar-refractivity contribution in [3.8, 4) is 0 Å². The van der Waals surface area contributed by atoms with Gasteiger partial charge in [-0.1, -0.05) is 0 Å². The van der Waals surface area contributed by atoms with Crippen molar-refractivity contribution in [2.75, 3.05) is 19.8 Å². The molecule has 1 aliphatic heterocycles. The lowest BCUT2D eigenvalue weighted by atomic mass is 9.97. The van der Waals surface area contributed by atoms with Crippen molar-refractivity contribution in [2.45, 2.75) is 25.7 Å². The minimum Gasteiger partial charge on any atom is -0.449 e. The Kier molecular flexibility index (Phi) is 3.75. The van der Waals surface area contributed by atoms with Crippen LogP contribution in [0.4, 0.5) is 0 Å². The summed E-state index contributed by atoms with van der Waals surface area (Å²) in [6.45, 7) is 1.84. The Morgan fingerprint density at radius 2 is 2.20 bits per heavy atom. The Morgan fingerprint density at radius 1 is 1.40 bits per heavy atom. The normalized spacial score (nSPS) is 18.2. The fourth-order valence-electron chi connectivity index (χ4n) is 1.87. The molecule has 4 nitrogen and oxygen atoms in total. The molecule has 0 bridgehead atoms. The van der Waals surface area contributed by atoms with Crippen LogP contribution in [-0.4, -0.2) is 29.9 Å². The molecule has 1 aliphatic rings. The van der Waals surface area contributed by atoms with Crippen LogP contribution in [0.15, 0.2) is 10.7 Å². The van der Waals surface area contributed by atoms with E-state index in [2.05, 4.69) is 4.98 Å². The maximum atomic E-state index is 8.75. The molecular weight excluding hydrogens is 194 g/mol. The highest BCUT2D eigenvalue weighted by Crippen LogP contribution is 2.19. The molecule has 1 N–H and O–H groups in total. The second-order valence-corrected chi connectivity index (χ2v) is 3.97. The molecule has 0 spiro atoms. The van der Waals surface area contributed by atoms with E-state index in [1.807, 2.05) is 0 Å². The summed E-state index contributed by atoms with van der Waals surface area (Å²) in [5.41, 5.74) is 0.847. The SMILES string of the molecule is OCCc1coc(CC2CCOCC2)n1. The van der Waals surface area contributed by atoms with Gasteiger partial charge in [-0.25, -0.2) is 4.98 Å². The number of aliphatic hydroxyl groups excluding tert-OH is 1. The quantitative estimate of drug-likeness (QED) is 0.812. The first-order chi connectivity index (χ1) is 7.38. The van der Waals surface area contributed by atoms with Crippen LogP contribution in [0.5, 0.6) is 0 Å². The highest BCUT2D eigenvalue weighted by molar-refractivity contribution is 4.97. The first-order valence-corrected chi connectivity index (χ1v) is 5.50. The average molecular weight is 211 g/mol. The molecule has 0 radical (unpaired) electrons. The Hall–Kier alpha value is -0.870. The number of oxazole rings is 1. The van der Waals surface area contributed by atoms with E-state index in [1.165, 1.54) is 0 Å². The lowest BCUT2D eigenvalue weighted by Crippen LogP contribution is -2.17. The van der Waals surface area contributed by atoms with Gasteiger partial charge in [0.15, 0.2) is 5.89 Å². The van der Waals surface area contributed by atoms with E-state index in [0.29, 0.717) is 12.3 Å². The summed E-state index contributed by atoms with van der Waals surface area (Å²) in [6, 6.07) is 0. The molecule has 2 rings (SSSR count). The molecular formula is C11H17NO3. The molecule has 0 saturated carbocycles. The van der Waals surface area contributed by atoms with Gasteiger partial charge in [-0.05, 0) is 18.8 Å². The van der Waals surface area contributed by atoms with Crippen LogP contribution in [0.3, 0.4) is 0 Å². The summed E-state index contributed by atoms with van der Waals surface area (Å²) >= 11 is 0. The summed E-state index contributed by atoms with van der Waals surface area (Å²) in [5, 5.41) is 8.75. The van der Waals surface area contributed by atoms with Crippen molar-refractivity contribution >= 4 is 0 Å². The molecule has 2 heterocycles. The first-order valence-electron chi connectivity index (χ1n) is 5.50. The van der Waals surface area contributed by atoms with Crippen molar-refractivity contribution in [2.24, 2.45) is 5.92 Å². The van der Waals surface area contributed by atoms with E-state index in [-0.39, 0.29) is 6.61 Å². The van der Waals surface area contributed by atoms with E-state index in [1.54, 1.807) is 6.26 Å². The smallest absolute Gasteiger partial charge is 0.194 e. The largest absolute Gasteiger partial charge is 0.449 e. The van der Waals surface area contributed by atoms with E-state index in [4.69, 9.17) is 14.3 Å². The van der Waals surface area contributed by atoms with E-state index < -0.39 is 0 Å². The van der Waals surface area contributed by atoms with Crippen LogP contribution >= 0.6 is 0 Å². The third-order valence-electron chi connectivity index (χ3n) is 2.77. The molecule has 0 unspecified atom stereocenters. The standard InChI is InChI=1S/C11H17NO3/c13-4-1-10-8-15-11(12-10)7-9-2-5-14-6-3-9/h8-9,13H,1-7H2. The molecule has 15 heavy (non-hydrogen) atoms. The monoisotopic (exact) mass is 211 g/mol. The van der Waals surface area contributed by atoms with Gasteiger partial charge in [-0.3, -0.25) is 0 Å². The minimum atomic E-state index is 0.128. The third-order valence-corrected chi connectivity index (χ3v) is 2.77. The summed E-state index contributed by atoms with van der Waals surface area (Å²) in [7, 11) is 0. The predicted octanol–water partition coefficient (Wildman–Crippen LogP) is 1.18. The Bertz CT molecular complexity index is 292. The number of aliphatic hydroxyl groups is 1. The van der Waals surface area contributed by atoms with Crippen molar-refractivity contribution in [1.29, 1.82) is 0 Å². The van der Waals surface area contributed by atoms with Gasteiger partial charge in [0.2, 0.25) is 0 Å². The number of hydrogen-bond donors (Lipinski definition) is 1. The van der Waals surface area contributed by atoms with Crippen molar-refractivity contribution in [1.82, 2.24) is 4.98 Å². The highest BCUT2D eigenvalue weighted by atomic mass is 16.5. The van der Waals surface area contributed by atoms with Gasteiger partial charge in [0.25, 0.3) is 0 Å². The van der Waals surface area contributed by atoms with Crippen LogP contribution in [0.2, 0.25) is 0 Å². The predicted molar refractivity (Wildman–Crippen MR) is 54.5 cm³/mol. The van der Waals surface area contributed by atoms with Crippen molar-refractivity contribution in [3.63, 3.8) is 0 Å². The molecule has 1 saturated heterocycles. The summed E-state index contributed by atoms with van der Waals surface area (Å²) in [5.74, 6) is 1.43. The number of aromatic nitrogens is 1. The molecule has 1 aromatic rings. The number of nitrogens with zero attached hydrogens (tertiary/aromatic N) is 1. The lowest BCUT2D eigenvalue weighted by Gasteiger charge is -2.20. The van der Waals surface area contributed by atoms with Crippen molar-refractivity contribution < 1.29 is 14.3 Å². The molecule has 84 valence electrons. The molecule has 0 atom stereocenters. The van der Waals surface area contributed by atoms with Gasteiger partial charge >= 0.3 is 0 Å². The molecule has 0 aromatic carbocycles. The second kappa shape index (κ2) is 5.28.